The molecular formula is C17H20BrClN2. The zero-order valence-corrected chi connectivity index (χ0v) is 14.7. The molecular weight excluding hydrogens is 348 g/mol. The third-order valence-corrected chi connectivity index (χ3v) is 4.44. The first-order valence-corrected chi connectivity index (χ1v) is 8.11. The van der Waals surface area contributed by atoms with Gasteiger partial charge in [0, 0.05) is 29.1 Å². The second-order valence-corrected chi connectivity index (χ2v) is 6.48. The summed E-state index contributed by atoms with van der Waals surface area (Å²) in [5, 5.41) is 3.99. The zero-order chi connectivity index (χ0) is 15.2. The highest BCUT2D eigenvalue weighted by Gasteiger charge is 2.07. The van der Waals surface area contributed by atoms with Crippen LogP contribution in [0.4, 0.5) is 0 Å². The van der Waals surface area contributed by atoms with Crippen LogP contribution in [0.15, 0.2) is 46.9 Å². The molecule has 0 radical (unpaired) electrons. The molecule has 2 rings (SSSR count). The van der Waals surface area contributed by atoms with Gasteiger partial charge in [-0.2, -0.15) is 0 Å². The number of benzene rings is 2. The molecule has 0 aliphatic carbocycles. The maximum atomic E-state index is 6.22. The molecule has 0 aromatic heterocycles. The topological polar surface area (TPSA) is 15.3 Å². The molecule has 0 spiro atoms. The molecule has 0 bridgehead atoms. The first-order chi connectivity index (χ1) is 10.1. The van der Waals surface area contributed by atoms with Crippen molar-refractivity contribution < 1.29 is 0 Å². The van der Waals surface area contributed by atoms with E-state index in [0.29, 0.717) is 0 Å². The molecule has 1 N–H and O–H groups in total. The average molecular weight is 368 g/mol. The van der Waals surface area contributed by atoms with Crippen LogP contribution in [-0.4, -0.2) is 19.0 Å². The van der Waals surface area contributed by atoms with Gasteiger partial charge in [-0.15, -0.1) is 0 Å². The minimum atomic E-state index is 0.827. The van der Waals surface area contributed by atoms with E-state index < -0.39 is 0 Å². The van der Waals surface area contributed by atoms with Gasteiger partial charge in [-0.1, -0.05) is 57.9 Å². The standard InChI is InChI=1S/C17H20BrClN2/c1-20-10-13-7-8-14(16(18)9-13)11-21(2)12-15-5-3-4-6-17(15)19/h3-9,20H,10-12H2,1-2H3. The molecule has 0 atom stereocenters. The fourth-order valence-corrected chi connectivity index (χ4v) is 3.04. The second-order valence-electron chi connectivity index (χ2n) is 5.22. The summed E-state index contributed by atoms with van der Waals surface area (Å²) in [4.78, 5) is 2.26. The average Bonchev–Trinajstić information content (AvgIpc) is 2.45. The van der Waals surface area contributed by atoms with E-state index in [1.165, 1.54) is 11.1 Å². The Labute approximate surface area is 140 Å². The van der Waals surface area contributed by atoms with Gasteiger partial charge < -0.3 is 5.32 Å². The summed E-state index contributed by atoms with van der Waals surface area (Å²) in [6.45, 7) is 2.60. The number of halogens is 2. The van der Waals surface area contributed by atoms with E-state index in [9.17, 15) is 0 Å². The van der Waals surface area contributed by atoms with Gasteiger partial charge >= 0.3 is 0 Å². The molecule has 0 saturated carbocycles. The maximum Gasteiger partial charge on any atom is 0.0451 e. The molecule has 21 heavy (non-hydrogen) atoms. The lowest BCUT2D eigenvalue weighted by molar-refractivity contribution is 0.318. The maximum absolute atomic E-state index is 6.22. The number of nitrogens with one attached hydrogen (secondary N) is 1. The quantitative estimate of drug-likeness (QED) is 0.811. The number of hydrogen-bond acceptors (Lipinski definition) is 2. The van der Waals surface area contributed by atoms with Crippen molar-refractivity contribution in [1.82, 2.24) is 10.2 Å². The number of hydrogen-bond donors (Lipinski definition) is 1. The van der Waals surface area contributed by atoms with Crippen molar-refractivity contribution >= 4 is 27.5 Å². The van der Waals surface area contributed by atoms with Crippen LogP contribution in [0.3, 0.4) is 0 Å². The third-order valence-electron chi connectivity index (χ3n) is 3.34. The molecule has 0 fully saturated rings. The fourth-order valence-electron chi connectivity index (χ4n) is 2.30. The van der Waals surface area contributed by atoms with Crippen molar-refractivity contribution in [3.8, 4) is 0 Å². The van der Waals surface area contributed by atoms with Gasteiger partial charge in [-0.3, -0.25) is 4.90 Å². The summed E-state index contributed by atoms with van der Waals surface area (Å²) in [5.41, 5.74) is 3.72. The lowest BCUT2D eigenvalue weighted by atomic mass is 10.1. The van der Waals surface area contributed by atoms with Crippen molar-refractivity contribution in [3.05, 3.63) is 68.7 Å². The minimum Gasteiger partial charge on any atom is -0.316 e. The van der Waals surface area contributed by atoms with Crippen LogP contribution in [0.25, 0.3) is 0 Å². The summed E-state index contributed by atoms with van der Waals surface area (Å²) >= 11 is 9.88. The summed E-state index contributed by atoms with van der Waals surface area (Å²) in [6.07, 6.45) is 0. The van der Waals surface area contributed by atoms with Gasteiger partial charge in [0.1, 0.15) is 0 Å². The molecule has 4 heteroatoms. The van der Waals surface area contributed by atoms with E-state index >= 15 is 0 Å². The van der Waals surface area contributed by atoms with Gasteiger partial charge in [-0.25, -0.2) is 0 Å². The van der Waals surface area contributed by atoms with Gasteiger partial charge in [-0.05, 0) is 42.9 Å². The molecule has 2 aromatic carbocycles. The normalized spacial score (nSPS) is 11.1. The van der Waals surface area contributed by atoms with E-state index in [4.69, 9.17) is 11.6 Å². The van der Waals surface area contributed by atoms with Crippen molar-refractivity contribution in [2.45, 2.75) is 19.6 Å². The van der Waals surface area contributed by atoms with Gasteiger partial charge in [0.05, 0.1) is 0 Å². The van der Waals surface area contributed by atoms with Crippen LogP contribution < -0.4 is 5.32 Å². The van der Waals surface area contributed by atoms with E-state index in [1.807, 2.05) is 25.2 Å². The monoisotopic (exact) mass is 366 g/mol. The highest BCUT2D eigenvalue weighted by Crippen LogP contribution is 2.22. The van der Waals surface area contributed by atoms with E-state index in [-0.39, 0.29) is 0 Å². The molecule has 112 valence electrons. The number of nitrogens with zero attached hydrogens (tertiary/aromatic N) is 1. The highest BCUT2D eigenvalue weighted by atomic mass is 79.9. The highest BCUT2D eigenvalue weighted by molar-refractivity contribution is 9.10. The van der Waals surface area contributed by atoms with Crippen LogP contribution in [0, 0.1) is 0 Å². The van der Waals surface area contributed by atoms with Crippen molar-refractivity contribution in [2.75, 3.05) is 14.1 Å². The third kappa shape index (κ3) is 4.82. The first-order valence-electron chi connectivity index (χ1n) is 6.94. The van der Waals surface area contributed by atoms with Crippen LogP contribution in [0.5, 0.6) is 0 Å². The van der Waals surface area contributed by atoms with Crippen molar-refractivity contribution in [1.29, 1.82) is 0 Å². The molecule has 0 saturated heterocycles. The van der Waals surface area contributed by atoms with Crippen LogP contribution in [0.1, 0.15) is 16.7 Å². The molecule has 0 heterocycles. The molecule has 2 aromatic rings. The Morgan fingerprint density at radius 2 is 1.81 bits per heavy atom. The molecule has 2 nitrogen and oxygen atoms in total. The van der Waals surface area contributed by atoms with Gasteiger partial charge in [0.25, 0.3) is 0 Å². The Balaban J connectivity index is 2.02. The SMILES string of the molecule is CNCc1ccc(CN(C)Cc2ccccc2Cl)c(Br)c1. The predicted molar refractivity (Wildman–Crippen MR) is 93.5 cm³/mol. The van der Waals surface area contributed by atoms with Crippen molar-refractivity contribution in [3.63, 3.8) is 0 Å². The van der Waals surface area contributed by atoms with Crippen LogP contribution in [0.2, 0.25) is 5.02 Å². The lowest BCUT2D eigenvalue weighted by Gasteiger charge is -2.19. The van der Waals surface area contributed by atoms with E-state index in [2.05, 4.69) is 57.5 Å². The molecule has 0 aliphatic heterocycles. The minimum absolute atomic E-state index is 0.827. The van der Waals surface area contributed by atoms with Gasteiger partial charge in [0.15, 0.2) is 0 Å². The molecule has 0 amide bonds. The Kier molecular flexibility index (Phi) is 6.24. The molecule has 0 unspecified atom stereocenters. The smallest absolute Gasteiger partial charge is 0.0451 e. The Morgan fingerprint density at radius 3 is 2.48 bits per heavy atom. The summed E-state index contributed by atoms with van der Waals surface area (Å²) < 4.78 is 1.15. The summed E-state index contributed by atoms with van der Waals surface area (Å²) in [7, 11) is 4.07. The largest absolute Gasteiger partial charge is 0.316 e. The van der Waals surface area contributed by atoms with E-state index in [0.717, 1.165) is 34.7 Å². The summed E-state index contributed by atoms with van der Waals surface area (Å²) in [6, 6.07) is 14.5. The van der Waals surface area contributed by atoms with Crippen LogP contribution >= 0.6 is 27.5 Å². The predicted octanol–water partition coefficient (Wildman–Crippen LogP) is 4.45. The summed E-state index contributed by atoms with van der Waals surface area (Å²) in [5.74, 6) is 0. The zero-order valence-electron chi connectivity index (χ0n) is 12.4. The number of rotatable bonds is 6. The first kappa shape index (κ1) is 16.5. The second kappa shape index (κ2) is 7.95. The van der Waals surface area contributed by atoms with Crippen molar-refractivity contribution in [2.24, 2.45) is 0 Å². The Hall–Kier alpha value is -0.870. The lowest BCUT2D eigenvalue weighted by Crippen LogP contribution is -2.18. The Bertz CT molecular complexity index is 601. The van der Waals surface area contributed by atoms with Gasteiger partial charge in [0.2, 0.25) is 0 Å². The van der Waals surface area contributed by atoms with Crippen LogP contribution in [-0.2, 0) is 19.6 Å². The fraction of sp³-hybridized carbons (Fsp3) is 0.294. The molecule has 0 aliphatic rings. The van der Waals surface area contributed by atoms with E-state index in [1.54, 1.807) is 0 Å². The Morgan fingerprint density at radius 1 is 1.10 bits per heavy atom.